The SMILES string of the molecule is Nc1cnc(Cl)c(C2CCC(F)(F)CC2)c1. The van der Waals surface area contributed by atoms with Crippen LogP contribution in [0.3, 0.4) is 0 Å². The van der Waals surface area contributed by atoms with Crippen LogP contribution in [0.25, 0.3) is 0 Å². The average Bonchev–Trinajstić information content (AvgIpc) is 2.22. The van der Waals surface area contributed by atoms with Gasteiger partial charge in [0.2, 0.25) is 5.92 Å². The molecule has 2 N–H and O–H groups in total. The fraction of sp³-hybridized carbons (Fsp3) is 0.545. The lowest BCUT2D eigenvalue weighted by atomic mass is 9.83. The van der Waals surface area contributed by atoms with Gasteiger partial charge in [0.15, 0.2) is 0 Å². The van der Waals surface area contributed by atoms with Crippen molar-refractivity contribution >= 4 is 17.3 Å². The van der Waals surface area contributed by atoms with Gasteiger partial charge in [0.25, 0.3) is 0 Å². The molecule has 2 rings (SSSR count). The lowest BCUT2D eigenvalue weighted by Gasteiger charge is -2.28. The molecular formula is C11H13ClF2N2. The van der Waals surface area contributed by atoms with Gasteiger partial charge in [0.1, 0.15) is 5.15 Å². The van der Waals surface area contributed by atoms with Gasteiger partial charge in [0.05, 0.1) is 11.9 Å². The zero-order valence-corrected chi connectivity index (χ0v) is 9.47. The first-order valence-electron chi connectivity index (χ1n) is 5.27. The number of aromatic nitrogens is 1. The Labute approximate surface area is 97.8 Å². The molecule has 2 nitrogen and oxygen atoms in total. The van der Waals surface area contributed by atoms with E-state index in [0.29, 0.717) is 23.7 Å². The first-order chi connectivity index (χ1) is 7.48. The molecule has 0 saturated heterocycles. The van der Waals surface area contributed by atoms with Crippen LogP contribution < -0.4 is 5.73 Å². The summed E-state index contributed by atoms with van der Waals surface area (Å²) in [6, 6.07) is 1.74. The van der Waals surface area contributed by atoms with E-state index in [1.54, 1.807) is 6.07 Å². The van der Waals surface area contributed by atoms with E-state index in [-0.39, 0.29) is 18.8 Å². The molecular weight excluding hydrogens is 234 g/mol. The number of rotatable bonds is 1. The molecule has 0 unspecified atom stereocenters. The van der Waals surface area contributed by atoms with Crippen LogP contribution in [0.4, 0.5) is 14.5 Å². The Bertz CT molecular complexity index is 386. The number of hydrogen-bond donors (Lipinski definition) is 1. The molecule has 1 aliphatic rings. The molecule has 0 spiro atoms. The highest BCUT2D eigenvalue weighted by atomic mass is 35.5. The van der Waals surface area contributed by atoms with Gasteiger partial charge in [-0.3, -0.25) is 0 Å². The van der Waals surface area contributed by atoms with Crippen molar-refractivity contribution in [3.05, 3.63) is 23.0 Å². The van der Waals surface area contributed by atoms with E-state index < -0.39 is 5.92 Å². The van der Waals surface area contributed by atoms with Crippen molar-refractivity contribution in [2.45, 2.75) is 37.5 Å². The van der Waals surface area contributed by atoms with Gasteiger partial charge in [0, 0.05) is 12.8 Å². The third kappa shape index (κ3) is 2.43. The van der Waals surface area contributed by atoms with E-state index in [2.05, 4.69) is 4.98 Å². The van der Waals surface area contributed by atoms with Crippen molar-refractivity contribution in [1.29, 1.82) is 0 Å². The molecule has 0 radical (unpaired) electrons. The van der Waals surface area contributed by atoms with Gasteiger partial charge in [-0.1, -0.05) is 11.6 Å². The van der Waals surface area contributed by atoms with E-state index in [4.69, 9.17) is 17.3 Å². The van der Waals surface area contributed by atoms with E-state index >= 15 is 0 Å². The highest BCUT2D eigenvalue weighted by Gasteiger charge is 2.36. The molecule has 1 saturated carbocycles. The van der Waals surface area contributed by atoms with Crippen LogP contribution in [0, 0.1) is 0 Å². The lowest BCUT2D eigenvalue weighted by Crippen LogP contribution is -2.23. The summed E-state index contributed by atoms with van der Waals surface area (Å²) in [6.45, 7) is 0. The number of hydrogen-bond acceptors (Lipinski definition) is 2. The molecule has 0 aliphatic heterocycles. The minimum Gasteiger partial charge on any atom is -0.397 e. The highest BCUT2D eigenvalue weighted by Crippen LogP contribution is 2.42. The molecule has 1 aliphatic carbocycles. The number of halogens is 3. The largest absolute Gasteiger partial charge is 0.397 e. The summed E-state index contributed by atoms with van der Waals surface area (Å²) in [5, 5.41) is 0.379. The molecule has 1 fully saturated rings. The van der Waals surface area contributed by atoms with Crippen molar-refractivity contribution in [2.75, 3.05) is 5.73 Å². The van der Waals surface area contributed by atoms with E-state index in [1.165, 1.54) is 6.20 Å². The van der Waals surface area contributed by atoms with Crippen LogP contribution in [0.2, 0.25) is 5.15 Å². The summed E-state index contributed by atoms with van der Waals surface area (Å²) in [4.78, 5) is 3.94. The smallest absolute Gasteiger partial charge is 0.248 e. The molecule has 88 valence electrons. The quantitative estimate of drug-likeness (QED) is 0.769. The normalized spacial score (nSPS) is 20.9. The molecule has 1 heterocycles. The van der Waals surface area contributed by atoms with Gasteiger partial charge < -0.3 is 5.73 Å². The average molecular weight is 247 g/mol. The van der Waals surface area contributed by atoms with E-state index in [0.717, 1.165) is 5.56 Å². The van der Waals surface area contributed by atoms with Gasteiger partial charge in [-0.15, -0.1) is 0 Å². The number of alkyl halides is 2. The van der Waals surface area contributed by atoms with Crippen molar-refractivity contribution in [2.24, 2.45) is 0 Å². The van der Waals surface area contributed by atoms with Crippen molar-refractivity contribution in [1.82, 2.24) is 4.98 Å². The van der Waals surface area contributed by atoms with Crippen LogP contribution in [-0.4, -0.2) is 10.9 Å². The third-order valence-corrected chi connectivity index (χ3v) is 3.36. The molecule has 0 aromatic carbocycles. The van der Waals surface area contributed by atoms with Crippen molar-refractivity contribution in [3.63, 3.8) is 0 Å². The van der Waals surface area contributed by atoms with Crippen molar-refractivity contribution < 1.29 is 8.78 Å². The second-order valence-electron chi connectivity index (χ2n) is 4.28. The second kappa shape index (κ2) is 4.17. The van der Waals surface area contributed by atoms with Crippen LogP contribution in [-0.2, 0) is 0 Å². The summed E-state index contributed by atoms with van der Waals surface area (Å²) in [5.74, 6) is -2.46. The first-order valence-corrected chi connectivity index (χ1v) is 5.64. The number of pyridine rings is 1. The van der Waals surface area contributed by atoms with E-state index in [1.807, 2.05) is 0 Å². The maximum absolute atomic E-state index is 13.0. The Morgan fingerprint density at radius 3 is 2.62 bits per heavy atom. The van der Waals surface area contributed by atoms with Gasteiger partial charge >= 0.3 is 0 Å². The van der Waals surface area contributed by atoms with Crippen LogP contribution in [0.5, 0.6) is 0 Å². The predicted molar refractivity (Wildman–Crippen MR) is 59.8 cm³/mol. The molecule has 1 aromatic rings. The Morgan fingerprint density at radius 1 is 1.38 bits per heavy atom. The fourth-order valence-electron chi connectivity index (χ4n) is 2.12. The first kappa shape index (κ1) is 11.6. The van der Waals surface area contributed by atoms with Gasteiger partial charge in [-0.05, 0) is 30.4 Å². The van der Waals surface area contributed by atoms with Gasteiger partial charge in [-0.25, -0.2) is 13.8 Å². The van der Waals surface area contributed by atoms with Gasteiger partial charge in [-0.2, -0.15) is 0 Å². The summed E-state index contributed by atoms with van der Waals surface area (Å²) in [5.41, 5.74) is 6.95. The number of nitrogens with zero attached hydrogens (tertiary/aromatic N) is 1. The molecule has 16 heavy (non-hydrogen) atoms. The fourth-order valence-corrected chi connectivity index (χ4v) is 2.38. The Hall–Kier alpha value is -0.900. The molecule has 5 heteroatoms. The molecule has 0 amide bonds. The van der Waals surface area contributed by atoms with E-state index in [9.17, 15) is 8.78 Å². The second-order valence-corrected chi connectivity index (χ2v) is 4.64. The maximum Gasteiger partial charge on any atom is 0.248 e. The standard InChI is InChI=1S/C11H13ClF2N2/c12-10-9(5-8(15)6-16-10)7-1-3-11(13,14)4-2-7/h5-7H,1-4,15H2. The van der Waals surface area contributed by atoms with Crippen LogP contribution >= 0.6 is 11.6 Å². The Morgan fingerprint density at radius 2 is 2.00 bits per heavy atom. The number of nitrogen functional groups attached to an aromatic ring is 1. The summed E-state index contributed by atoms with van der Waals surface area (Å²) in [6.07, 6.45) is 2.20. The van der Waals surface area contributed by atoms with Crippen LogP contribution in [0.15, 0.2) is 12.3 Å². The summed E-state index contributed by atoms with van der Waals surface area (Å²) in [7, 11) is 0. The van der Waals surface area contributed by atoms with Crippen LogP contribution in [0.1, 0.15) is 37.2 Å². The zero-order valence-electron chi connectivity index (χ0n) is 8.72. The third-order valence-electron chi connectivity index (χ3n) is 3.04. The minimum absolute atomic E-state index is 0.0584. The summed E-state index contributed by atoms with van der Waals surface area (Å²) >= 11 is 5.95. The minimum atomic E-state index is -2.52. The summed E-state index contributed by atoms with van der Waals surface area (Å²) < 4.78 is 26.0. The molecule has 0 atom stereocenters. The number of nitrogens with two attached hydrogens (primary N) is 1. The topological polar surface area (TPSA) is 38.9 Å². The predicted octanol–water partition coefficient (Wildman–Crippen LogP) is 3.61. The maximum atomic E-state index is 13.0. The molecule has 0 bridgehead atoms. The number of anilines is 1. The lowest BCUT2D eigenvalue weighted by molar-refractivity contribution is -0.0382. The Balaban J connectivity index is 2.17. The highest BCUT2D eigenvalue weighted by molar-refractivity contribution is 6.30. The zero-order chi connectivity index (χ0) is 11.8. The molecule has 1 aromatic heterocycles. The van der Waals surface area contributed by atoms with Crippen molar-refractivity contribution in [3.8, 4) is 0 Å². The Kier molecular flexibility index (Phi) is 3.02. The monoisotopic (exact) mass is 246 g/mol.